The van der Waals surface area contributed by atoms with E-state index in [1.54, 1.807) is 6.92 Å². The molecule has 3 heterocycles. The lowest BCUT2D eigenvalue weighted by molar-refractivity contribution is -0.118. The van der Waals surface area contributed by atoms with Crippen molar-refractivity contribution in [3.05, 3.63) is 17.5 Å². The molecule has 1 fully saturated rings. The molecule has 0 spiro atoms. The Morgan fingerprint density at radius 1 is 1.30 bits per heavy atom. The first kappa shape index (κ1) is 25.3. The molecule has 2 aliphatic rings. The minimum Gasteiger partial charge on any atom is -0.394 e. The topological polar surface area (TPSA) is 133 Å². The Balaban J connectivity index is 1.33. The van der Waals surface area contributed by atoms with E-state index in [0.717, 1.165) is 44.6 Å². The van der Waals surface area contributed by atoms with Crippen LogP contribution in [0.15, 0.2) is 21.2 Å². The number of nitrogens with zero attached hydrogens (tertiary/aromatic N) is 4. The largest absolute Gasteiger partial charge is 0.394 e. The standard InChI is InChI=1S/C23H37N5O5/c1-15(2)21-26-23(33-27-21)28-10-8-17(9-11-28)5-4-12-32-20-7-6-19(16(3)24-20)22(31)25-18(13-29)14-30/h6,15,17-18,20,29-30H,4-5,7-14H2,1-3H3,(H,25,31). The van der Waals surface area contributed by atoms with Gasteiger partial charge in [-0.2, -0.15) is 4.98 Å². The molecule has 3 rings (SSSR count). The third kappa shape index (κ3) is 7.09. The quantitative estimate of drug-likeness (QED) is 0.423. The van der Waals surface area contributed by atoms with Crippen LogP contribution in [-0.4, -0.2) is 77.2 Å². The first-order valence-corrected chi connectivity index (χ1v) is 11.9. The molecule has 1 amide bonds. The van der Waals surface area contributed by atoms with Gasteiger partial charge >= 0.3 is 6.01 Å². The number of aliphatic hydroxyl groups is 2. The van der Waals surface area contributed by atoms with E-state index in [1.807, 2.05) is 6.08 Å². The predicted octanol–water partition coefficient (Wildman–Crippen LogP) is 1.79. The molecule has 0 bridgehead atoms. The number of aliphatic hydroxyl groups excluding tert-OH is 2. The lowest BCUT2D eigenvalue weighted by Gasteiger charge is -2.30. The number of hydrogen-bond acceptors (Lipinski definition) is 9. The van der Waals surface area contributed by atoms with Gasteiger partial charge in [0.15, 0.2) is 12.1 Å². The monoisotopic (exact) mass is 463 g/mol. The zero-order valence-corrected chi connectivity index (χ0v) is 19.9. The summed E-state index contributed by atoms with van der Waals surface area (Å²) in [6.45, 7) is 7.76. The second-order valence-electron chi connectivity index (χ2n) is 9.09. The fourth-order valence-electron chi connectivity index (χ4n) is 4.07. The molecule has 0 radical (unpaired) electrons. The second kappa shape index (κ2) is 12.2. The number of rotatable bonds is 11. The van der Waals surface area contributed by atoms with Gasteiger partial charge in [0.2, 0.25) is 0 Å². The second-order valence-corrected chi connectivity index (χ2v) is 9.09. The van der Waals surface area contributed by atoms with Gasteiger partial charge in [0, 0.05) is 37.7 Å². The molecule has 1 aromatic heterocycles. The number of amides is 1. The summed E-state index contributed by atoms with van der Waals surface area (Å²) < 4.78 is 11.3. The van der Waals surface area contributed by atoms with E-state index in [4.69, 9.17) is 19.5 Å². The highest BCUT2D eigenvalue weighted by molar-refractivity contribution is 6.21. The Kier molecular flexibility index (Phi) is 9.40. The van der Waals surface area contributed by atoms with Gasteiger partial charge in [0.05, 0.1) is 24.8 Å². The Labute approximate surface area is 195 Å². The number of carbonyl (C=O) groups is 1. The summed E-state index contributed by atoms with van der Waals surface area (Å²) in [5, 5.41) is 24.9. The molecule has 2 aliphatic heterocycles. The molecule has 1 saturated heterocycles. The van der Waals surface area contributed by atoms with Crippen molar-refractivity contribution in [2.24, 2.45) is 10.9 Å². The van der Waals surface area contributed by atoms with Gasteiger partial charge in [-0.3, -0.25) is 9.79 Å². The molecule has 1 atom stereocenters. The summed E-state index contributed by atoms with van der Waals surface area (Å²) >= 11 is 0. The maximum atomic E-state index is 12.3. The van der Waals surface area contributed by atoms with Crippen molar-refractivity contribution < 1.29 is 24.3 Å². The van der Waals surface area contributed by atoms with E-state index in [9.17, 15) is 4.79 Å². The molecule has 0 saturated carbocycles. The van der Waals surface area contributed by atoms with Gasteiger partial charge < -0.3 is 29.7 Å². The smallest absolute Gasteiger partial charge is 0.324 e. The predicted molar refractivity (Wildman–Crippen MR) is 124 cm³/mol. The first-order chi connectivity index (χ1) is 15.9. The van der Waals surface area contributed by atoms with Gasteiger partial charge in [-0.15, -0.1) is 0 Å². The Hall–Kier alpha value is -2.30. The molecule has 10 nitrogen and oxygen atoms in total. The number of piperidine rings is 1. The molecule has 1 aromatic rings. The molecule has 33 heavy (non-hydrogen) atoms. The highest BCUT2D eigenvalue weighted by Gasteiger charge is 2.24. The highest BCUT2D eigenvalue weighted by atomic mass is 16.5. The number of aliphatic imine (C=N–C) groups is 1. The molecule has 0 aromatic carbocycles. The van der Waals surface area contributed by atoms with E-state index >= 15 is 0 Å². The van der Waals surface area contributed by atoms with E-state index in [1.165, 1.54) is 0 Å². The lowest BCUT2D eigenvalue weighted by atomic mass is 9.92. The number of dihydropyridines is 1. The van der Waals surface area contributed by atoms with Crippen LogP contribution in [0.3, 0.4) is 0 Å². The zero-order chi connectivity index (χ0) is 23.8. The fraction of sp³-hybridized carbons (Fsp3) is 0.739. The van der Waals surface area contributed by atoms with E-state index in [0.29, 0.717) is 36.2 Å². The van der Waals surface area contributed by atoms with Gasteiger partial charge in [-0.05, 0) is 38.5 Å². The van der Waals surface area contributed by atoms with E-state index in [2.05, 4.69) is 39.2 Å². The zero-order valence-electron chi connectivity index (χ0n) is 19.9. The van der Waals surface area contributed by atoms with Crippen LogP contribution in [0.5, 0.6) is 0 Å². The van der Waals surface area contributed by atoms with Crippen molar-refractivity contribution in [2.45, 2.75) is 71.1 Å². The van der Waals surface area contributed by atoms with Crippen LogP contribution in [0.2, 0.25) is 0 Å². The van der Waals surface area contributed by atoms with Gasteiger partial charge in [0.25, 0.3) is 5.91 Å². The summed E-state index contributed by atoms with van der Waals surface area (Å²) in [6, 6.07) is -0.0353. The molecular weight excluding hydrogens is 426 g/mol. The third-order valence-electron chi connectivity index (χ3n) is 6.17. The SMILES string of the molecule is CC1=NC(OCCCC2CCN(c3nc(C(C)C)no3)CC2)CC=C1C(=O)NC(CO)CO. The van der Waals surface area contributed by atoms with Crippen LogP contribution in [0.4, 0.5) is 6.01 Å². The minimum absolute atomic E-state index is 0.265. The minimum atomic E-state index is -0.670. The maximum absolute atomic E-state index is 12.3. The van der Waals surface area contributed by atoms with E-state index < -0.39 is 6.04 Å². The Bertz CT molecular complexity index is 825. The molecule has 184 valence electrons. The molecule has 1 unspecified atom stereocenters. The van der Waals surface area contributed by atoms with Gasteiger partial charge in [-0.1, -0.05) is 25.1 Å². The lowest BCUT2D eigenvalue weighted by Crippen LogP contribution is -2.42. The van der Waals surface area contributed by atoms with Crippen molar-refractivity contribution in [1.29, 1.82) is 0 Å². The number of anilines is 1. The van der Waals surface area contributed by atoms with Crippen molar-refractivity contribution >= 4 is 17.6 Å². The van der Waals surface area contributed by atoms with Crippen molar-refractivity contribution in [3.63, 3.8) is 0 Å². The number of ether oxygens (including phenoxy) is 1. The van der Waals surface area contributed by atoms with Crippen LogP contribution >= 0.6 is 0 Å². The summed E-state index contributed by atoms with van der Waals surface area (Å²) in [4.78, 5) is 23.4. The van der Waals surface area contributed by atoms with Crippen LogP contribution in [0, 0.1) is 5.92 Å². The van der Waals surface area contributed by atoms with Crippen LogP contribution in [-0.2, 0) is 9.53 Å². The molecule has 0 aliphatic carbocycles. The number of carbonyl (C=O) groups excluding carboxylic acids is 1. The summed E-state index contributed by atoms with van der Waals surface area (Å²) in [7, 11) is 0. The van der Waals surface area contributed by atoms with Crippen molar-refractivity contribution in [3.8, 4) is 0 Å². The summed E-state index contributed by atoms with van der Waals surface area (Å²) in [5.74, 6) is 1.35. The molecule has 3 N–H and O–H groups in total. The summed E-state index contributed by atoms with van der Waals surface area (Å²) in [5.41, 5.74) is 1.07. The summed E-state index contributed by atoms with van der Waals surface area (Å²) in [6.07, 6.45) is 6.35. The fourth-order valence-corrected chi connectivity index (χ4v) is 4.07. The van der Waals surface area contributed by atoms with Crippen molar-refractivity contribution in [1.82, 2.24) is 15.5 Å². The third-order valence-corrected chi connectivity index (χ3v) is 6.17. The average molecular weight is 464 g/mol. The first-order valence-electron chi connectivity index (χ1n) is 11.9. The van der Waals surface area contributed by atoms with Crippen molar-refractivity contribution in [2.75, 3.05) is 37.8 Å². The molecular formula is C23H37N5O5. The number of hydrogen-bond donors (Lipinski definition) is 3. The molecule has 10 heteroatoms. The van der Waals surface area contributed by atoms with Crippen LogP contribution < -0.4 is 10.2 Å². The Morgan fingerprint density at radius 2 is 2.03 bits per heavy atom. The van der Waals surface area contributed by atoms with Gasteiger partial charge in [0.1, 0.15) is 0 Å². The van der Waals surface area contributed by atoms with Crippen LogP contribution in [0.25, 0.3) is 0 Å². The highest BCUT2D eigenvalue weighted by Crippen LogP contribution is 2.26. The number of nitrogens with one attached hydrogen (secondary N) is 1. The van der Waals surface area contributed by atoms with E-state index in [-0.39, 0.29) is 31.3 Å². The normalized spacial score (nSPS) is 19.7. The average Bonchev–Trinajstić information content (AvgIpc) is 3.31. The van der Waals surface area contributed by atoms with Crippen LogP contribution in [0.1, 0.15) is 64.6 Å². The maximum Gasteiger partial charge on any atom is 0.324 e. The Morgan fingerprint density at radius 3 is 2.64 bits per heavy atom. The van der Waals surface area contributed by atoms with Gasteiger partial charge in [-0.25, -0.2) is 0 Å². The number of aromatic nitrogens is 2.